The van der Waals surface area contributed by atoms with E-state index in [-0.39, 0.29) is 30.3 Å². The van der Waals surface area contributed by atoms with Crippen LogP contribution in [0.25, 0.3) is 11.3 Å². The van der Waals surface area contributed by atoms with Gasteiger partial charge < -0.3 is 20.3 Å². The summed E-state index contributed by atoms with van der Waals surface area (Å²) < 4.78 is 10.9. The van der Waals surface area contributed by atoms with Crippen molar-refractivity contribution in [1.82, 2.24) is 15.0 Å². The molecular weight excluding hydrogens is 298 g/mol. The van der Waals surface area contributed by atoms with E-state index in [0.717, 1.165) is 0 Å². The van der Waals surface area contributed by atoms with Crippen molar-refractivity contribution in [2.75, 3.05) is 32.2 Å². The van der Waals surface area contributed by atoms with Crippen LogP contribution in [-0.4, -0.2) is 46.5 Å². The first kappa shape index (κ1) is 15.1. The highest BCUT2D eigenvalue weighted by atomic mass is 16.5. The smallest absolute Gasteiger partial charge is 0.225 e. The quantitative estimate of drug-likeness (QED) is 0.811. The molecule has 3 heterocycles. The van der Waals surface area contributed by atoms with Crippen LogP contribution in [0.1, 0.15) is 5.56 Å². The molecule has 118 valence electrons. The van der Waals surface area contributed by atoms with Crippen molar-refractivity contribution in [3.63, 3.8) is 0 Å². The van der Waals surface area contributed by atoms with E-state index in [1.54, 1.807) is 12.3 Å². The number of hydrogen-bond acceptors (Lipinski definition) is 8. The van der Waals surface area contributed by atoms with E-state index in [0.29, 0.717) is 24.5 Å². The summed E-state index contributed by atoms with van der Waals surface area (Å²) in [7, 11) is 0. The standard InChI is InChI=1S/C15H15N5O3/c16-3-10-4-19-14(23-8-15(5-21)6-22-7-15)12(13(10)17)11-1-2-18-9-20-11/h1-2,4,9,21H,5-8H2,(H2,17,19). The molecule has 0 bridgehead atoms. The molecule has 1 saturated heterocycles. The third-order valence-corrected chi connectivity index (χ3v) is 3.71. The van der Waals surface area contributed by atoms with Crippen LogP contribution < -0.4 is 10.5 Å². The van der Waals surface area contributed by atoms with Crippen LogP contribution in [0.2, 0.25) is 0 Å². The molecule has 8 nitrogen and oxygen atoms in total. The van der Waals surface area contributed by atoms with Crippen LogP contribution in [0.3, 0.4) is 0 Å². The summed E-state index contributed by atoms with van der Waals surface area (Å²) in [4.78, 5) is 12.2. The topological polar surface area (TPSA) is 127 Å². The highest BCUT2D eigenvalue weighted by molar-refractivity contribution is 5.81. The Morgan fingerprint density at radius 1 is 1.43 bits per heavy atom. The van der Waals surface area contributed by atoms with E-state index >= 15 is 0 Å². The van der Waals surface area contributed by atoms with Crippen molar-refractivity contribution in [2.45, 2.75) is 0 Å². The summed E-state index contributed by atoms with van der Waals surface area (Å²) in [5.41, 5.74) is 7.10. The lowest BCUT2D eigenvalue weighted by Crippen LogP contribution is -2.50. The Labute approximate surface area is 132 Å². The van der Waals surface area contributed by atoms with Crippen molar-refractivity contribution in [3.8, 4) is 23.2 Å². The third-order valence-electron chi connectivity index (χ3n) is 3.71. The van der Waals surface area contributed by atoms with Gasteiger partial charge in [0.05, 0.1) is 53.9 Å². The minimum absolute atomic E-state index is 0.0401. The van der Waals surface area contributed by atoms with Crippen molar-refractivity contribution >= 4 is 5.69 Å². The summed E-state index contributed by atoms with van der Waals surface area (Å²) in [6.45, 7) is 1.05. The number of aliphatic hydroxyl groups is 1. The molecule has 23 heavy (non-hydrogen) atoms. The average molecular weight is 313 g/mol. The number of pyridine rings is 1. The first-order valence-electron chi connectivity index (χ1n) is 6.95. The lowest BCUT2D eigenvalue weighted by Gasteiger charge is -2.39. The molecule has 0 amide bonds. The maximum atomic E-state index is 9.47. The second-order valence-corrected chi connectivity index (χ2v) is 5.41. The van der Waals surface area contributed by atoms with E-state index in [1.807, 2.05) is 6.07 Å². The molecule has 0 spiro atoms. The molecule has 3 rings (SSSR count). The molecule has 0 aromatic carbocycles. The number of anilines is 1. The number of nitrogen functional groups attached to an aromatic ring is 1. The maximum absolute atomic E-state index is 9.47. The number of hydrogen-bond donors (Lipinski definition) is 2. The number of nitrogens with zero attached hydrogens (tertiary/aromatic N) is 4. The highest BCUT2D eigenvalue weighted by Crippen LogP contribution is 2.36. The molecule has 1 aliphatic heterocycles. The molecule has 3 N–H and O–H groups in total. The minimum atomic E-state index is -0.423. The van der Waals surface area contributed by atoms with Gasteiger partial charge in [-0.05, 0) is 6.07 Å². The van der Waals surface area contributed by atoms with Gasteiger partial charge in [-0.3, -0.25) is 0 Å². The van der Waals surface area contributed by atoms with E-state index in [1.165, 1.54) is 12.5 Å². The van der Waals surface area contributed by atoms with Crippen molar-refractivity contribution in [2.24, 2.45) is 5.41 Å². The largest absolute Gasteiger partial charge is 0.476 e. The Balaban J connectivity index is 1.97. The van der Waals surface area contributed by atoms with Gasteiger partial charge in [0.2, 0.25) is 5.88 Å². The van der Waals surface area contributed by atoms with E-state index < -0.39 is 5.41 Å². The molecule has 1 aliphatic rings. The number of aliphatic hydroxyl groups excluding tert-OH is 1. The van der Waals surface area contributed by atoms with Crippen LogP contribution in [0.15, 0.2) is 24.8 Å². The lowest BCUT2D eigenvalue weighted by molar-refractivity contribution is -0.153. The van der Waals surface area contributed by atoms with Gasteiger partial charge in [-0.1, -0.05) is 0 Å². The molecule has 0 radical (unpaired) electrons. The summed E-state index contributed by atoms with van der Waals surface area (Å²) >= 11 is 0. The lowest BCUT2D eigenvalue weighted by atomic mass is 9.88. The van der Waals surface area contributed by atoms with E-state index in [4.69, 9.17) is 20.5 Å². The first-order chi connectivity index (χ1) is 11.2. The highest BCUT2D eigenvalue weighted by Gasteiger charge is 2.39. The SMILES string of the molecule is N#Cc1cnc(OCC2(CO)COC2)c(-c2ccncn2)c1N. The van der Waals surface area contributed by atoms with Crippen molar-refractivity contribution in [3.05, 3.63) is 30.4 Å². The van der Waals surface area contributed by atoms with Crippen LogP contribution in [0, 0.1) is 16.7 Å². The molecule has 0 aliphatic carbocycles. The second kappa shape index (κ2) is 6.16. The summed E-state index contributed by atoms with van der Waals surface area (Å²) in [5, 5.41) is 18.6. The van der Waals surface area contributed by atoms with Crippen LogP contribution >= 0.6 is 0 Å². The van der Waals surface area contributed by atoms with Gasteiger partial charge in [0.25, 0.3) is 0 Å². The predicted octanol–water partition coefficient (Wildman–Crippen LogP) is 0.380. The molecule has 0 unspecified atom stereocenters. The average Bonchev–Trinajstić information content (AvgIpc) is 2.55. The zero-order chi connectivity index (χ0) is 16.3. The number of aromatic nitrogens is 3. The normalized spacial score (nSPS) is 15.5. The Morgan fingerprint density at radius 2 is 2.26 bits per heavy atom. The number of nitrogens with two attached hydrogens (primary N) is 1. The summed E-state index contributed by atoms with van der Waals surface area (Å²) in [5.74, 6) is 0.264. The van der Waals surface area contributed by atoms with Crippen LogP contribution in [-0.2, 0) is 4.74 Å². The van der Waals surface area contributed by atoms with Gasteiger partial charge in [-0.15, -0.1) is 0 Å². The van der Waals surface area contributed by atoms with Gasteiger partial charge in [-0.25, -0.2) is 15.0 Å². The molecule has 0 atom stereocenters. The molecule has 0 saturated carbocycles. The Bertz CT molecular complexity index is 735. The van der Waals surface area contributed by atoms with Gasteiger partial charge >= 0.3 is 0 Å². The van der Waals surface area contributed by atoms with Crippen LogP contribution in [0.4, 0.5) is 5.69 Å². The third kappa shape index (κ3) is 2.79. The number of rotatable bonds is 5. The van der Waals surface area contributed by atoms with Gasteiger partial charge in [0.15, 0.2) is 0 Å². The first-order valence-corrected chi connectivity index (χ1v) is 6.95. The summed E-state index contributed by atoms with van der Waals surface area (Å²) in [6.07, 6.45) is 4.31. The Morgan fingerprint density at radius 3 is 2.83 bits per heavy atom. The molecule has 2 aromatic heterocycles. The number of ether oxygens (including phenoxy) is 2. The Hall–Kier alpha value is -2.76. The predicted molar refractivity (Wildman–Crippen MR) is 80.2 cm³/mol. The molecular formula is C15H15N5O3. The van der Waals surface area contributed by atoms with Gasteiger partial charge in [-0.2, -0.15) is 5.26 Å². The van der Waals surface area contributed by atoms with Gasteiger partial charge in [0, 0.05) is 6.20 Å². The second-order valence-electron chi connectivity index (χ2n) is 5.41. The number of nitriles is 1. The van der Waals surface area contributed by atoms with E-state index in [2.05, 4.69) is 15.0 Å². The molecule has 1 fully saturated rings. The van der Waals surface area contributed by atoms with Crippen LogP contribution in [0.5, 0.6) is 5.88 Å². The van der Waals surface area contributed by atoms with Crippen molar-refractivity contribution in [1.29, 1.82) is 5.26 Å². The maximum Gasteiger partial charge on any atom is 0.225 e. The minimum Gasteiger partial charge on any atom is -0.476 e. The van der Waals surface area contributed by atoms with Crippen molar-refractivity contribution < 1.29 is 14.6 Å². The Kier molecular flexibility index (Phi) is 4.06. The zero-order valence-electron chi connectivity index (χ0n) is 12.3. The molecule has 8 heteroatoms. The fourth-order valence-corrected chi connectivity index (χ4v) is 2.22. The zero-order valence-corrected chi connectivity index (χ0v) is 12.3. The fraction of sp³-hybridized carbons (Fsp3) is 0.333. The van der Waals surface area contributed by atoms with Gasteiger partial charge in [0.1, 0.15) is 19.0 Å². The van der Waals surface area contributed by atoms with E-state index in [9.17, 15) is 5.11 Å². The summed E-state index contributed by atoms with van der Waals surface area (Å²) in [6, 6.07) is 3.65. The fourth-order valence-electron chi connectivity index (χ4n) is 2.22. The monoisotopic (exact) mass is 313 g/mol. The molecule has 2 aromatic rings.